The van der Waals surface area contributed by atoms with Gasteiger partial charge in [-0.1, -0.05) is 0 Å². The molecular weight excluding hydrogens is 91.1 g/mol. The van der Waals surface area contributed by atoms with Crippen molar-refractivity contribution in [3.8, 4) is 0 Å². The zero-order valence-corrected chi connectivity index (χ0v) is 3.51. The number of halogens is 1. The Hall–Kier alpha value is -0.180. The fourth-order valence-electron chi connectivity index (χ4n) is 0. The zero-order chi connectivity index (χ0) is 4.28. The highest BCUT2D eigenvalue weighted by atomic mass is 32.1. The Labute approximate surface area is 34.7 Å². The third kappa shape index (κ3) is 3.82. The van der Waals surface area contributed by atoms with Crippen LogP contribution in [-0.2, 0) is 4.74 Å². The first kappa shape index (κ1) is 4.82. The van der Waals surface area contributed by atoms with Crippen molar-refractivity contribution in [2.24, 2.45) is 0 Å². The van der Waals surface area contributed by atoms with E-state index in [9.17, 15) is 4.39 Å². The number of methoxy groups -OCH3 is 1. The summed E-state index contributed by atoms with van der Waals surface area (Å²) in [6.45, 7) is 0. The van der Waals surface area contributed by atoms with E-state index in [0.717, 1.165) is 0 Å². The van der Waals surface area contributed by atoms with Gasteiger partial charge >= 0.3 is 5.30 Å². The van der Waals surface area contributed by atoms with Crippen molar-refractivity contribution < 1.29 is 9.13 Å². The van der Waals surface area contributed by atoms with Gasteiger partial charge in [0.1, 0.15) is 0 Å². The summed E-state index contributed by atoms with van der Waals surface area (Å²) < 4.78 is 14.8. The van der Waals surface area contributed by atoms with Crippen LogP contribution in [0.25, 0.3) is 0 Å². The number of hydrogen-bond acceptors (Lipinski definition) is 2. The lowest BCUT2D eigenvalue weighted by Crippen LogP contribution is -1.81. The van der Waals surface area contributed by atoms with Gasteiger partial charge in [0.05, 0.1) is 7.11 Å². The lowest BCUT2D eigenvalue weighted by molar-refractivity contribution is 0.360. The summed E-state index contributed by atoms with van der Waals surface area (Å²) in [6.07, 6.45) is 0. The van der Waals surface area contributed by atoms with Crippen LogP contribution >= 0.6 is 12.2 Å². The van der Waals surface area contributed by atoms with Crippen molar-refractivity contribution in [2.45, 2.75) is 0 Å². The molecule has 1 nitrogen and oxygen atoms in total. The third-order valence-corrected chi connectivity index (χ3v) is 0.327. The molecule has 0 atom stereocenters. The van der Waals surface area contributed by atoms with E-state index >= 15 is 0 Å². The SMILES string of the molecule is COC(F)=S. The number of hydrogen-bond donors (Lipinski definition) is 0. The largest absolute Gasteiger partial charge is 0.466 e. The molecule has 5 heavy (non-hydrogen) atoms. The molecule has 0 rings (SSSR count). The second kappa shape index (κ2) is 2.08. The van der Waals surface area contributed by atoms with Crippen molar-refractivity contribution in [3.05, 3.63) is 0 Å². The summed E-state index contributed by atoms with van der Waals surface area (Å²) in [5.74, 6) is 0. The van der Waals surface area contributed by atoms with Gasteiger partial charge in [-0.05, 0) is 12.2 Å². The van der Waals surface area contributed by atoms with E-state index in [0.29, 0.717) is 0 Å². The van der Waals surface area contributed by atoms with Gasteiger partial charge in [-0.3, -0.25) is 0 Å². The van der Waals surface area contributed by atoms with Crippen molar-refractivity contribution in [1.29, 1.82) is 0 Å². The second-order valence-corrected chi connectivity index (χ2v) is 0.763. The molecule has 0 heterocycles. The molecule has 0 aliphatic carbocycles. The fraction of sp³-hybridized carbons (Fsp3) is 0.500. The molecule has 0 unspecified atom stereocenters. The summed E-state index contributed by atoms with van der Waals surface area (Å²) in [4.78, 5) is 0. The Balaban J connectivity index is 2.85. The average molecular weight is 94.1 g/mol. The van der Waals surface area contributed by atoms with Crippen LogP contribution in [0.1, 0.15) is 0 Å². The minimum Gasteiger partial charge on any atom is -0.466 e. The Morgan fingerprint density at radius 3 is 2.20 bits per heavy atom. The highest BCUT2D eigenvalue weighted by Crippen LogP contribution is 1.73. The van der Waals surface area contributed by atoms with Gasteiger partial charge in [-0.15, -0.1) is 0 Å². The summed E-state index contributed by atoms with van der Waals surface area (Å²) in [7, 11) is 1.18. The molecule has 0 saturated carbocycles. The molecule has 30 valence electrons. The molecule has 0 aromatic heterocycles. The van der Waals surface area contributed by atoms with Crippen molar-refractivity contribution in [3.63, 3.8) is 0 Å². The van der Waals surface area contributed by atoms with Gasteiger partial charge in [0.15, 0.2) is 0 Å². The second-order valence-electron chi connectivity index (χ2n) is 0.442. The number of rotatable bonds is 0. The van der Waals surface area contributed by atoms with Crippen molar-refractivity contribution in [1.82, 2.24) is 0 Å². The molecule has 0 spiro atoms. The first-order chi connectivity index (χ1) is 2.27. The summed E-state index contributed by atoms with van der Waals surface area (Å²) in [5, 5.41) is -0.912. The van der Waals surface area contributed by atoms with Crippen LogP contribution in [0.3, 0.4) is 0 Å². The van der Waals surface area contributed by atoms with Gasteiger partial charge in [0.2, 0.25) is 0 Å². The molecule has 0 N–H and O–H groups in total. The summed E-state index contributed by atoms with van der Waals surface area (Å²) in [5.41, 5.74) is 0. The van der Waals surface area contributed by atoms with Gasteiger partial charge < -0.3 is 4.74 Å². The standard InChI is InChI=1S/C2H3FOS/c1-4-2(3)5/h1H3. The molecule has 0 aliphatic rings. The highest BCUT2D eigenvalue weighted by molar-refractivity contribution is 7.79. The lowest BCUT2D eigenvalue weighted by atomic mass is 11.5. The minimum atomic E-state index is -0.912. The maximum Gasteiger partial charge on any atom is 0.341 e. The van der Waals surface area contributed by atoms with Gasteiger partial charge in [0.25, 0.3) is 0 Å². The molecule has 0 radical (unpaired) electrons. The van der Waals surface area contributed by atoms with Crippen LogP contribution in [-0.4, -0.2) is 12.4 Å². The van der Waals surface area contributed by atoms with Crippen LogP contribution in [0.15, 0.2) is 0 Å². The lowest BCUT2D eigenvalue weighted by Gasteiger charge is -1.80. The van der Waals surface area contributed by atoms with Gasteiger partial charge in [-0.2, -0.15) is 4.39 Å². The molecule has 0 aliphatic heterocycles. The predicted octanol–water partition coefficient (Wildman–Crippen LogP) is 0.887. The zero-order valence-electron chi connectivity index (χ0n) is 2.69. The van der Waals surface area contributed by atoms with Crippen LogP contribution < -0.4 is 0 Å². The minimum absolute atomic E-state index is 0.912. The number of thiocarbonyl (C=S) groups is 1. The average Bonchev–Trinajstić information content (AvgIpc) is 1.38. The van der Waals surface area contributed by atoms with E-state index in [1.165, 1.54) is 7.11 Å². The fourth-order valence-corrected chi connectivity index (χ4v) is 0. The van der Waals surface area contributed by atoms with Gasteiger partial charge in [-0.25, -0.2) is 0 Å². The molecule has 0 bridgehead atoms. The Morgan fingerprint density at radius 1 is 2.00 bits per heavy atom. The smallest absolute Gasteiger partial charge is 0.341 e. The molecule has 0 aromatic rings. The molecule has 0 fully saturated rings. The number of ether oxygens (including phenoxy) is 1. The summed E-state index contributed by atoms with van der Waals surface area (Å²) >= 11 is 3.81. The first-order valence-electron chi connectivity index (χ1n) is 1.01. The quantitative estimate of drug-likeness (QED) is 0.325. The molecule has 0 amide bonds. The third-order valence-electron chi connectivity index (χ3n) is 0.160. The van der Waals surface area contributed by atoms with E-state index in [-0.39, 0.29) is 0 Å². The Bertz CT molecular complexity index is 44.9. The van der Waals surface area contributed by atoms with Crippen molar-refractivity contribution in [2.75, 3.05) is 7.11 Å². The highest BCUT2D eigenvalue weighted by Gasteiger charge is 1.76. The monoisotopic (exact) mass is 94.0 g/mol. The normalized spacial score (nSPS) is 6.80. The molecule has 3 heteroatoms. The molecular formula is C2H3FOS. The topological polar surface area (TPSA) is 9.23 Å². The summed E-state index contributed by atoms with van der Waals surface area (Å²) in [6, 6.07) is 0. The Morgan fingerprint density at radius 2 is 2.20 bits per heavy atom. The van der Waals surface area contributed by atoms with E-state index in [4.69, 9.17) is 0 Å². The van der Waals surface area contributed by atoms with E-state index < -0.39 is 5.30 Å². The van der Waals surface area contributed by atoms with E-state index in [2.05, 4.69) is 17.0 Å². The van der Waals surface area contributed by atoms with Crippen LogP contribution in [0.4, 0.5) is 4.39 Å². The van der Waals surface area contributed by atoms with E-state index in [1.807, 2.05) is 0 Å². The van der Waals surface area contributed by atoms with Crippen LogP contribution in [0.5, 0.6) is 0 Å². The molecule has 0 saturated heterocycles. The maximum absolute atomic E-state index is 10.9. The van der Waals surface area contributed by atoms with Crippen LogP contribution in [0.2, 0.25) is 0 Å². The molecule has 0 aromatic carbocycles. The van der Waals surface area contributed by atoms with Gasteiger partial charge in [0, 0.05) is 0 Å². The maximum atomic E-state index is 10.9. The first-order valence-corrected chi connectivity index (χ1v) is 1.41. The van der Waals surface area contributed by atoms with Crippen molar-refractivity contribution >= 4 is 17.5 Å². The van der Waals surface area contributed by atoms with E-state index in [1.54, 1.807) is 0 Å². The van der Waals surface area contributed by atoms with Crippen LogP contribution in [0, 0.1) is 0 Å². The Kier molecular flexibility index (Phi) is 2.01. The predicted molar refractivity (Wildman–Crippen MR) is 20.7 cm³/mol.